The number of rotatable bonds is 6. The van der Waals surface area contributed by atoms with Crippen LogP contribution >= 0.6 is 0 Å². The van der Waals surface area contributed by atoms with Gasteiger partial charge in [0.05, 0.1) is 20.6 Å². The molecule has 0 fully saturated rings. The molecular weight excluding hydrogens is 247 g/mol. The SMILES string of the molecule is COc1cc(CNCCC(F)(F)F)cc(OC)c1. The molecule has 0 saturated carbocycles. The number of hydrogen-bond acceptors (Lipinski definition) is 3. The van der Waals surface area contributed by atoms with E-state index in [0.29, 0.717) is 18.0 Å². The van der Waals surface area contributed by atoms with E-state index in [9.17, 15) is 13.2 Å². The van der Waals surface area contributed by atoms with Crippen molar-refractivity contribution in [1.29, 1.82) is 0 Å². The van der Waals surface area contributed by atoms with E-state index in [0.717, 1.165) is 5.56 Å². The minimum Gasteiger partial charge on any atom is -0.497 e. The van der Waals surface area contributed by atoms with Gasteiger partial charge in [0.1, 0.15) is 11.5 Å². The Morgan fingerprint density at radius 1 is 1.06 bits per heavy atom. The molecule has 102 valence electrons. The molecule has 0 unspecified atom stereocenters. The first-order valence-electron chi connectivity index (χ1n) is 5.44. The largest absolute Gasteiger partial charge is 0.497 e. The Balaban J connectivity index is 2.51. The molecule has 1 N–H and O–H groups in total. The molecule has 0 radical (unpaired) electrons. The van der Waals surface area contributed by atoms with Crippen LogP contribution in [0.4, 0.5) is 13.2 Å². The lowest BCUT2D eigenvalue weighted by Gasteiger charge is -2.10. The Kier molecular flexibility index (Phi) is 5.27. The van der Waals surface area contributed by atoms with Crippen molar-refractivity contribution in [2.24, 2.45) is 0 Å². The summed E-state index contributed by atoms with van der Waals surface area (Å²) < 4.78 is 46.0. The third-order valence-electron chi connectivity index (χ3n) is 2.33. The zero-order valence-corrected chi connectivity index (χ0v) is 10.3. The van der Waals surface area contributed by atoms with Crippen molar-refractivity contribution in [3.05, 3.63) is 23.8 Å². The number of halogens is 3. The standard InChI is InChI=1S/C12H16F3NO2/c1-17-10-5-9(6-11(7-10)18-2)8-16-4-3-12(13,14)15/h5-7,16H,3-4,8H2,1-2H3. The average molecular weight is 263 g/mol. The first-order valence-corrected chi connectivity index (χ1v) is 5.44. The van der Waals surface area contributed by atoms with Gasteiger partial charge in [-0.05, 0) is 17.7 Å². The average Bonchev–Trinajstić information content (AvgIpc) is 2.33. The fourth-order valence-electron chi connectivity index (χ4n) is 1.43. The smallest absolute Gasteiger partial charge is 0.390 e. The Bertz CT molecular complexity index is 358. The zero-order valence-electron chi connectivity index (χ0n) is 10.3. The summed E-state index contributed by atoms with van der Waals surface area (Å²) in [7, 11) is 3.05. The van der Waals surface area contributed by atoms with Gasteiger partial charge in [0.2, 0.25) is 0 Å². The number of nitrogens with one attached hydrogen (secondary N) is 1. The zero-order chi connectivity index (χ0) is 13.6. The van der Waals surface area contributed by atoms with Crippen molar-refractivity contribution >= 4 is 0 Å². The summed E-state index contributed by atoms with van der Waals surface area (Å²) in [5.41, 5.74) is 0.813. The lowest BCUT2D eigenvalue weighted by molar-refractivity contribution is -0.133. The molecule has 0 aromatic heterocycles. The predicted octanol–water partition coefficient (Wildman–Crippen LogP) is 2.75. The van der Waals surface area contributed by atoms with Gasteiger partial charge in [-0.15, -0.1) is 0 Å². The molecule has 0 bridgehead atoms. The lowest BCUT2D eigenvalue weighted by atomic mass is 10.2. The first kappa shape index (κ1) is 14.6. The molecule has 1 aromatic rings. The lowest BCUT2D eigenvalue weighted by Crippen LogP contribution is -2.21. The van der Waals surface area contributed by atoms with Crippen molar-refractivity contribution in [3.63, 3.8) is 0 Å². The minimum atomic E-state index is -4.13. The van der Waals surface area contributed by atoms with Crippen LogP contribution in [-0.4, -0.2) is 26.9 Å². The van der Waals surface area contributed by atoms with Gasteiger partial charge in [-0.2, -0.15) is 13.2 Å². The number of ether oxygens (including phenoxy) is 2. The van der Waals surface area contributed by atoms with Crippen LogP contribution in [0.15, 0.2) is 18.2 Å². The van der Waals surface area contributed by atoms with Gasteiger partial charge in [0.15, 0.2) is 0 Å². The highest BCUT2D eigenvalue weighted by Gasteiger charge is 2.25. The summed E-state index contributed by atoms with van der Waals surface area (Å²) in [5.74, 6) is 1.23. The van der Waals surface area contributed by atoms with E-state index in [1.807, 2.05) is 0 Å². The quantitative estimate of drug-likeness (QED) is 0.800. The molecule has 3 nitrogen and oxygen atoms in total. The number of hydrogen-bond donors (Lipinski definition) is 1. The Morgan fingerprint density at radius 2 is 1.61 bits per heavy atom. The van der Waals surface area contributed by atoms with E-state index in [-0.39, 0.29) is 6.54 Å². The van der Waals surface area contributed by atoms with Crippen LogP contribution in [0.25, 0.3) is 0 Å². The van der Waals surface area contributed by atoms with E-state index in [1.54, 1.807) is 18.2 Å². The highest BCUT2D eigenvalue weighted by atomic mass is 19.4. The molecule has 1 rings (SSSR count). The van der Waals surface area contributed by atoms with Gasteiger partial charge in [0, 0.05) is 19.2 Å². The molecular formula is C12H16F3NO2. The van der Waals surface area contributed by atoms with Gasteiger partial charge >= 0.3 is 6.18 Å². The topological polar surface area (TPSA) is 30.5 Å². The molecule has 18 heavy (non-hydrogen) atoms. The van der Waals surface area contributed by atoms with E-state index in [2.05, 4.69) is 5.32 Å². The normalized spacial score (nSPS) is 11.4. The molecule has 0 amide bonds. The van der Waals surface area contributed by atoms with Crippen LogP contribution in [-0.2, 0) is 6.54 Å². The summed E-state index contributed by atoms with van der Waals surface area (Å²) in [6, 6.07) is 5.21. The van der Waals surface area contributed by atoms with E-state index < -0.39 is 12.6 Å². The van der Waals surface area contributed by atoms with Crippen LogP contribution in [0.1, 0.15) is 12.0 Å². The maximum atomic E-state index is 11.9. The summed E-state index contributed by atoms with van der Waals surface area (Å²) in [6.45, 7) is 0.229. The summed E-state index contributed by atoms with van der Waals surface area (Å²) >= 11 is 0. The number of methoxy groups -OCH3 is 2. The summed E-state index contributed by atoms with van der Waals surface area (Å²) in [5, 5.41) is 2.73. The maximum Gasteiger partial charge on any atom is 0.390 e. The third kappa shape index (κ3) is 5.27. The third-order valence-corrected chi connectivity index (χ3v) is 2.33. The van der Waals surface area contributed by atoms with Crippen molar-refractivity contribution < 1.29 is 22.6 Å². The van der Waals surface area contributed by atoms with Crippen molar-refractivity contribution in [1.82, 2.24) is 5.32 Å². The molecule has 0 aliphatic heterocycles. The minimum absolute atomic E-state index is 0.108. The van der Waals surface area contributed by atoms with E-state index in [4.69, 9.17) is 9.47 Å². The van der Waals surface area contributed by atoms with E-state index >= 15 is 0 Å². The fraction of sp³-hybridized carbons (Fsp3) is 0.500. The van der Waals surface area contributed by atoms with Crippen LogP contribution in [0, 0.1) is 0 Å². The second-order valence-electron chi connectivity index (χ2n) is 3.76. The monoisotopic (exact) mass is 263 g/mol. The van der Waals surface area contributed by atoms with Crippen LogP contribution in [0.2, 0.25) is 0 Å². The summed E-state index contributed by atoms with van der Waals surface area (Å²) in [4.78, 5) is 0. The van der Waals surface area contributed by atoms with Gasteiger partial charge in [0.25, 0.3) is 0 Å². The first-order chi connectivity index (χ1) is 8.44. The number of benzene rings is 1. The van der Waals surface area contributed by atoms with Crippen LogP contribution in [0.5, 0.6) is 11.5 Å². The van der Waals surface area contributed by atoms with Crippen LogP contribution < -0.4 is 14.8 Å². The van der Waals surface area contributed by atoms with Crippen molar-refractivity contribution in [3.8, 4) is 11.5 Å². The van der Waals surface area contributed by atoms with Crippen molar-refractivity contribution in [2.75, 3.05) is 20.8 Å². The summed E-state index contributed by atoms with van der Waals surface area (Å²) in [6.07, 6.45) is -4.97. The van der Waals surface area contributed by atoms with Gasteiger partial charge in [-0.25, -0.2) is 0 Å². The van der Waals surface area contributed by atoms with Gasteiger partial charge in [-0.3, -0.25) is 0 Å². The van der Waals surface area contributed by atoms with Crippen LogP contribution in [0.3, 0.4) is 0 Å². The number of alkyl halides is 3. The van der Waals surface area contributed by atoms with Gasteiger partial charge < -0.3 is 14.8 Å². The molecule has 6 heteroatoms. The molecule has 0 spiro atoms. The van der Waals surface area contributed by atoms with Gasteiger partial charge in [-0.1, -0.05) is 0 Å². The Morgan fingerprint density at radius 3 is 2.06 bits per heavy atom. The predicted molar refractivity (Wildman–Crippen MR) is 61.9 cm³/mol. The second kappa shape index (κ2) is 6.49. The van der Waals surface area contributed by atoms with E-state index in [1.165, 1.54) is 14.2 Å². The Labute approximate surface area is 104 Å². The molecule has 1 aromatic carbocycles. The molecule has 0 aliphatic carbocycles. The highest BCUT2D eigenvalue weighted by molar-refractivity contribution is 5.38. The highest BCUT2D eigenvalue weighted by Crippen LogP contribution is 2.22. The molecule has 0 heterocycles. The van der Waals surface area contributed by atoms with Crippen molar-refractivity contribution in [2.45, 2.75) is 19.1 Å². The maximum absolute atomic E-state index is 11.9. The molecule has 0 saturated heterocycles. The second-order valence-corrected chi connectivity index (χ2v) is 3.76. The molecule has 0 atom stereocenters. The Hall–Kier alpha value is -1.43. The molecule has 0 aliphatic rings. The fourth-order valence-corrected chi connectivity index (χ4v) is 1.43.